The van der Waals surface area contributed by atoms with Crippen molar-refractivity contribution in [1.82, 2.24) is 4.90 Å². The molecule has 24 heavy (non-hydrogen) atoms. The fourth-order valence-electron chi connectivity index (χ4n) is 4.43. The fraction of sp³-hybridized carbons (Fsp3) is 0.700. The van der Waals surface area contributed by atoms with Gasteiger partial charge >= 0.3 is 0 Å². The van der Waals surface area contributed by atoms with Gasteiger partial charge in [0.25, 0.3) is 0 Å². The molecule has 2 nitrogen and oxygen atoms in total. The van der Waals surface area contributed by atoms with Crippen molar-refractivity contribution in [2.24, 2.45) is 5.92 Å². The molecule has 1 saturated heterocycles. The Labute approximate surface area is 158 Å². The first-order valence-electron chi connectivity index (χ1n) is 9.39. The highest BCUT2D eigenvalue weighted by Gasteiger charge is 2.39. The second-order valence-electron chi connectivity index (χ2n) is 7.42. The summed E-state index contributed by atoms with van der Waals surface area (Å²) >= 11 is 6.22. The van der Waals surface area contributed by atoms with E-state index in [4.69, 9.17) is 11.6 Å². The largest absolute Gasteiger partial charge is 0.385 e. The zero-order valence-electron chi connectivity index (χ0n) is 14.6. The van der Waals surface area contributed by atoms with Crippen molar-refractivity contribution in [3.05, 3.63) is 34.9 Å². The smallest absolute Gasteiger partial charge is 0.0937 e. The number of benzene rings is 1. The lowest BCUT2D eigenvalue weighted by molar-refractivity contribution is -0.0528. The molecular weight excluding hydrogens is 341 g/mol. The molecule has 0 aromatic heterocycles. The molecule has 1 unspecified atom stereocenters. The number of piperidine rings is 1. The highest BCUT2D eigenvalue weighted by atomic mass is 35.5. The number of halogens is 2. The zero-order chi connectivity index (χ0) is 16.1. The molecule has 1 aromatic rings. The van der Waals surface area contributed by atoms with Gasteiger partial charge in [-0.2, -0.15) is 0 Å². The number of rotatable bonds is 5. The molecule has 4 heteroatoms. The first kappa shape index (κ1) is 20.0. The Balaban J connectivity index is 0.00000208. The standard InChI is InChI=1S/C20H30ClNO.ClH/c21-19-11-7-10-18(16-19)20(23,17-8-3-1-4-9-17)12-15-22-13-5-2-6-14-22;/h7,10-11,16-17,23H,1-6,8-9,12-15H2;1H. The maximum Gasteiger partial charge on any atom is 0.0937 e. The van der Waals surface area contributed by atoms with Crippen LogP contribution in [0.25, 0.3) is 0 Å². The molecule has 0 amide bonds. The summed E-state index contributed by atoms with van der Waals surface area (Å²) in [5, 5.41) is 12.4. The monoisotopic (exact) mass is 371 g/mol. The van der Waals surface area contributed by atoms with E-state index in [1.807, 2.05) is 18.2 Å². The SMILES string of the molecule is Cl.OC(CCN1CCCCC1)(c1cccc(Cl)c1)C1CCCCC1. The second kappa shape index (κ2) is 9.43. The van der Waals surface area contributed by atoms with Gasteiger partial charge in [-0.1, -0.05) is 49.4 Å². The van der Waals surface area contributed by atoms with Crippen molar-refractivity contribution < 1.29 is 5.11 Å². The van der Waals surface area contributed by atoms with Crippen LogP contribution in [0, 0.1) is 5.92 Å². The minimum absolute atomic E-state index is 0. The molecule has 3 rings (SSSR count). The number of aliphatic hydroxyl groups is 1. The molecule has 0 bridgehead atoms. The minimum Gasteiger partial charge on any atom is -0.385 e. The maximum absolute atomic E-state index is 11.7. The van der Waals surface area contributed by atoms with E-state index in [9.17, 15) is 5.11 Å². The van der Waals surface area contributed by atoms with E-state index < -0.39 is 5.60 Å². The Morgan fingerprint density at radius 2 is 1.71 bits per heavy atom. The summed E-state index contributed by atoms with van der Waals surface area (Å²) in [5.41, 5.74) is 0.303. The van der Waals surface area contributed by atoms with Crippen molar-refractivity contribution in [2.75, 3.05) is 19.6 Å². The lowest BCUT2D eigenvalue weighted by atomic mass is 9.71. The molecule has 2 aliphatic rings. The summed E-state index contributed by atoms with van der Waals surface area (Å²) < 4.78 is 0. The highest BCUT2D eigenvalue weighted by Crippen LogP contribution is 2.42. The molecule has 1 aliphatic carbocycles. The number of likely N-dealkylation sites (tertiary alicyclic amines) is 1. The molecule has 1 N–H and O–H groups in total. The lowest BCUT2D eigenvalue weighted by Gasteiger charge is -2.41. The van der Waals surface area contributed by atoms with Crippen LogP contribution in [0.3, 0.4) is 0 Å². The second-order valence-corrected chi connectivity index (χ2v) is 7.86. The van der Waals surface area contributed by atoms with Crippen LogP contribution in [-0.4, -0.2) is 29.6 Å². The molecular formula is C20H31Cl2NO. The first-order chi connectivity index (χ1) is 11.2. The van der Waals surface area contributed by atoms with Crippen molar-refractivity contribution >= 4 is 24.0 Å². The number of hydrogen-bond acceptors (Lipinski definition) is 2. The van der Waals surface area contributed by atoms with Crippen molar-refractivity contribution in [3.63, 3.8) is 0 Å². The van der Waals surface area contributed by atoms with E-state index in [1.165, 1.54) is 51.6 Å². The van der Waals surface area contributed by atoms with Gasteiger partial charge in [0.1, 0.15) is 0 Å². The molecule has 2 fully saturated rings. The Bertz CT molecular complexity index is 498. The summed E-state index contributed by atoms with van der Waals surface area (Å²) in [7, 11) is 0. The highest BCUT2D eigenvalue weighted by molar-refractivity contribution is 6.30. The topological polar surface area (TPSA) is 23.5 Å². The predicted octanol–water partition coefficient (Wildman–Crippen LogP) is 5.41. The molecule has 1 atom stereocenters. The van der Waals surface area contributed by atoms with E-state index in [0.717, 1.165) is 36.4 Å². The third kappa shape index (κ3) is 4.88. The molecule has 1 aliphatic heterocycles. The van der Waals surface area contributed by atoms with E-state index in [0.29, 0.717) is 5.92 Å². The third-order valence-electron chi connectivity index (χ3n) is 5.86. The quantitative estimate of drug-likeness (QED) is 0.747. The van der Waals surface area contributed by atoms with Gasteiger partial charge in [0.15, 0.2) is 0 Å². The van der Waals surface area contributed by atoms with Gasteiger partial charge in [0.2, 0.25) is 0 Å². The van der Waals surface area contributed by atoms with Gasteiger partial charge in [-0.3, -0.25) is 0 Å². The summed E-state index contributed by atoms with van der Waals surface area (Å²) in [4.78, 5) is 2.53. The molecule has 0 radical (unpaired) electrons. The third-order valence-corrected chi connectivity index (χ3v) is 6.10. The van der Waals surface area contributed by atoms with Gasteiger partial charge in [-0.15, -0.1) is 12.4 Å². The van der Waals surface area contributed by atoms with Crippen LogP contribution in [0.4, 0.5) is 0 Å². The van der Waals surface area contributed by atoms with Crippen molar-refractivity contribution in [2.45, 2.75) is 63.4 Å². The zero-order valence-corrected chi connectivity index (χ0v) is 16.1. The van der Waals surface area contributed by atoms with Crippen molar-refractivity contribution in [3.8, 4) is 0 Å². The maximum atomic E-state index is 11.7. The van der Waals surface area contributed by atoms with Crippen LogP contribution in [0.15, 0.2) is 24.3 Å². The van der Waals surface area contributed by atoms with Gasteiger partial charge < -0.3 is 10.0 Å². The lowest BCUT2D eigenvalue weighted by Crippen LogP contribution is -2.41. The van der Waals surface area contributed by atoms with Gasteiger partial charge in [-0.05, 0) is 68.8 Å². The Kier molecular flexibility index (Phi) is 7.87. The van der Waals surface area contributed by atoms with Gasteiger partial charge in [0.05, 0.1) is 5.60 Å². The van der Waals surface area contributed by atoms with Gasteiger partial charge in [0, 0.05) is 11.6 Å². The van der Waals surface area contributed by atoms with E-state index in [1.54, 1.807) is 0 Å². The van der Waals surface area contributed by atoms with Crippen LogP contribution in [0.5, 0.6) is 0 Å². The molecule has 136 valence electrons. The molecule has 1 heterocycles. The summed E-state index contributed by atoms with van der Waals surface area (Å²) in [6.07, 6.45) is 10.9. The predicted molar refractivity (Wildman–Crippen MR) is 104 cm³/mol. The van der Waals surface area contributed by atoms with Crippen LogP contribution < -0.4 is 0 Å². The summed E-state index contributed by atoms with van der Waals surface area (Å²) in [5.74, 6) is 0.375. The number of hydrogen-bond donors (Lipinski definition) is 1. The summed E-state index contributed by atoms with van der Waals surface area (Å²) in [6.45, 7) is 3.38. The molecule has 0 spiro atoms. The normalized spacial score (nSPS) is 22.6. The first-order valence-corrected chi connectivity index (χ1v) is 9.77. The molecule has 1 saturated carbocycles. The Morgan fingerprint density at radius 1 is 1.04 bits per heavy atom. The Hall–Kier alpha value is -0.280. The van der Waals surface area contributed by atoms with Crippen LogP contribution in [-0.2, 0) is 5.60 Å². The summed E-state index contributed by atoms with van der Waals surface area (Å²) in [6, 6.07) is 7.92. The van der Waals surface area contributed by atoms with Crippen molar-refractivity contribution in [1.29, 1.82) is 0 Å². The number of nitrogens with zero attached hydrogens (tertiary/aromatic N) is 1. The fourth-order valence-corrected chi connectivity index (χ4v) is 4.62. The Morgan fingerprint density at radius 3 is 2.38 bits per heavy atom. The van der Waals surface area contributed by atoms with Crippen LogP contribution in [0.1, 0.15) is 63.4 Å². The van der Waals surface area contributed by atoms with Gasteiger partial charge in [-0.25, -0.2) is 0 Å². The van der Waals surface area contributed by atoms with E-state index in [-0.39, 0.29) is 12.4 Å². The molecule has 1 aromatic carbocycles. The van der Waals surface area contributed by atoms with Crippen LogP contribution >= 0.6 is 24.0 Å². The minimum atomic E-state index is -0.719. The van der Waals surface area contributed by atoms with Crippen LogP contribution in [0.2, 0.25) is 5.02 Å². The van der Waals surface area contributed by atoms with E-state index in [2.05, 4.69) is 11.0 Å². The average molecular weight is 372 g/mol. The van der Waals surface area contributed by atoms with E-state index >= 15 is 0 Å². The average Bonchev–Trinajstić information content (AvgIpc) is 2.61.